The topological polar surface area (TPSA) is 18.5 Å². The van der Waals surface area contributed by atoms with Crippen molar-refractivity contribution in [3.63, 3.8) is 0 Å². The van der Waals surface area contributed by atoms with E-state index in [1.54, 1.807) is 13.4 Å². The standard InChI is InChI=1S/C10H10O2/c1-11-9-5-2-6-10-8(9)4-3-7-12-10/h2-3,5-7H,4H2,1H3. The van der Waals surface area contributed by atoms with Gasteiger partial charge < -0.3 is 9.47 Å². The molecule has 1 aliphatic rings. The van der Waals surface area contributed by atoms with Gasteiger partial charge in [0.05, 0.1) is 13.4 Å². The molecule has 1 heterocycles. The summed E-state index contributed by atoms with van der Waals surface area (Å²) in [5.41, 5.74) is 1.13. The Hall–Kier alpha value is -1.44. The first-order chi connectivity index (χ1) is 5.92. The smallest absolute Gasteiger partial charge is 0.133 e. The molecule has 0 fully saturated rings. The van der Waals surface area contributed by atoms with E-state index in [2.05, 4.69) is 0 Å². The lowest BCUT2D eigenvalue weighted by atomic mass is 10.1. The quantitative estimate of drug-likeness (QED) is 0.629. The van der Waals surface area contributed by atoms with Crippen molar-refractivity contribution >= 4 is 0 Å². The van der Waals surface area contributed by atoms with Crippen LogP contribution >= 0.6 is 0 Å². The Bertz CT molecular complexity index is 316. The van der Waals surface area contributed by atoms with Crippen LogP contribution in [0.1, 0.15) is 5.56 Å². The second-order valence-corrected chi connectivity index (χ2v) is 2.63. The van der Waals surface area contributed by atoms with Gasteiger partial charge in [0.1, 0.15) is 11.5 Å². The van der Waals surface area contributed by atoms with Crippen molar-refractivity contribution in [1.82, 2.24) is 0 Å². The SMILES string of the molecule is COc1cccc2c1CC=CO2. The van der Waals surface area contributed by atoms with Gasteiger partial charge in [-0.25, -0.2) is 0 Å². The average Bonchev–Trinajstić information content (AvgIpc) is 2.17. The van der Waals surface area contributed by atoms with Crippen LogP contribution in [0.4, 0.5) is 0 Å². The molecule has 0 unspecified atom stereocenters. The van der Waals surface area contributed by atoms with Crippen molar-refractivity contribution in [3.8, 4) is 11.5 Å². The minimum atomic E-state index is 0.888. The molecule has 1 aromatic carbocycles. The maximum absolute atomic E-state index is 5.31. The maximum atomic E-state index is 5.31. The molecule has 0 N–H and O–H groups in total. The first kappa shape index (κ1) is 7.22. The Morgan fingerprint density at radius 2 is 2.33 bits per heavy atom. The van der Waals surface area contributed by atoms with Gasteiger partial charge in [-0.05, 0) is 18.2 Å². The number of rotatable bonds is 1. The van der Waals surface area contributed by atoms with Crippen molar-refractivity contribution in [2.75, 3.05) is 7.11 Å². The molecule has 1 aliphatic heterocycles. The van der Waals surface area contributed by atoms with Crippen LogP contribution in [-0.4, -0.2) is 7.11 Å². The molecule has 12 heavy (non-hydrogen) atoms. The molecule has 0 amide bonds. The van der Waals surface area contributed by atoms with Crippen LogP contribution in [0.2, 0.25) is 0 Å². The maximum Gasteiger partial charge on any atom is 0.133 e. The van der Waals surface area contributed by atoms with E-state index in [-0.39, 0.29) is 0 Å². The average molecular weight is 162 g/mol. The molecule has 0 saturated carbocycles. The predicted molar refractivity (Wildman–Crippen MR) is 46.5 cm³/mol. The first-order valence-electron chi connectivity index (χ1n) is 3.89. The number of hydrogen-bond donors (Lipinski definition) is 0. The van der Waals surface area contributed by atoms with E-state index in [1.165, 1.54) is 0 Å². The zero-order valence-electron chi connectivity index (χ0n) is 6.91. The van der Waals surface area contributed by atoms with Crippen LogP contribution in [0.25, 0.3) is 0 Å². The number of allylic oxidation sites excluding steroid dienone is 1. The van der Waals surface area contributed by atoms with Gasteiger partial charge in [0.15, 0.2) is 0 Å². The summed E-state index contributed by atoms with van der Waals surface area (Å²) >= 11 is 0. The highest BCUT2D eigenvalue weighted by Crippen LogP contribution is 2.31. The normalized spacial score (nSPS) is 13.4. The fraction of sp³-hybridized carbons (Fsp3) is 0.200. The van der Waals surface area contributed by atoms with Crippen molar-refractivity contribution in [1.29, 1.82) is 0 Å². The lowest BCUT2D eigenvalue weighted by Crippen LogP contribution is -1.98. The monoisotopic (exact) mass is 162 g/mol. The third kappa shape index (κ3) is 1.05. The van der Waals surface area contributed by atoms with E-state index in [0.29, 0.717) is 0 Å². The van der Waals surface area contributed by atoms with E-state index in [1.807, 2.05) is 24.3 Å². The van der Waals surface area contributed by atoms with Crippen molar-refractivity contribution in [2.24, 2.45) is 0 Å². The fourth-order valence-corrected chi connectivity index (χ4v) is 1.34. The molecule has 0 aliphatic carbocycles. The third-order valence-corrected chi connectivity index (χ3v) is 1.92. The molecule has 0 atom stereocenters. The number of methoxy groups -OCH3 is 1. The Labute approximate surface area is 71.4 Å². The van der Waals surface area contributed by atoms with Gasteiger partial charge in [-0.1, -0.05) is 6.07 Å². The van der Waals surface area contributed by atoms with Crippen LogP contribution in [-0.2, 0) is 6.42 Å². The summed E-state index contributed by atoms with van der Waals surface area (Å²) in [6, 6.07) is 5.82. The molecular weight excluding hydrogens is 152 g/mol. The predicted octanol–water partition coefficient (Wildman–Crippen LogP) is 2.14. The van der Waals surface area contributed by atoms with Gasteiger partial charge >= 0.3 is 0 Å². The van der Waals surface area contributed by atoms with E-state index in [9.17, 15) is 0 Å². The molecule has 2 nitrogen and oxygen atoms in total. The zero-order chi connectivity index (χ0) is 8.39. The van der Waals surface area contributed by atoms with Crippen LogP contribution in [0, 0.1) is 0 Å². The van der Waals surface area contributed by atoms with Crippen LogP contribution in [0.15, 0.2) is 30.5 Å². The van der Waals surface area contributed by atoms with E-state index in [0.717, 1.165) is 23.5 Å². The summed E-state index contributed by atoms with van der Waals surface area (Å²) in [5.74, 6) is 1.80. The van der Waals surface area contributed by atoms with Gasteiger partial charge in [0, 0.05) is 12.0 Å². The Morgan fingerprint density at radius 1 is 1.42 bits per heavy atom. The molecule has 0 saturated heterocycles. The molecule has 1 aromatic rings. The lowest BCUT2D eigenvalue weighted by molar-refractivity contribution is 0.399. The van der Waals surface area contributed by atoms with Gasteiger partial charge in [0.2, 0.25) is 0 Å². The molecule has 0 radical (unpaired) electrons. The second-order valence-electron chi connectivity index (χ2n) is 2.63. The minimum absolute atomic E-state index is 0.888. The molecule has 0 spiro atoms. The van der Waals surface area contributed by atoms with Crippen molar-refractivity contribution < 1.29 is 9.47 Å². The molecule has 2 heteroatoms. The summed E-state index contributed by atoms with van der Waals surface area (Å²) in [6.45, 7) is 0. The molecule has 0 bridgehead atoms. The van der Waals surface area contributed by atoms with Gasteiger partial charge in [-0.3, -0.25) is 0 Å². The van der Waals surface area contributed by atoms with Gasteiger partial charge in [-0.2, -0.15) is 0 Å². The van der Waals surface area contributed by atoms with Gasteiger partial charge in [-0.15, -0.1) is 0 Å². The molecule has 0 aromatic heterocycles. The second kappa shape index (κ2) is 2.89. The van der Waals surface area contributed by atoms with Crippen LogP contribution in [0.3, 0.4) is 0 Å². The number of ether oxygens (including phenoxy) is 2. The van der Waals surface area contributed by atoms with Crippen molar-refractivity contribution in [3.05, 3.63) is 36.1 Å². The lowest BCUT2D eigenvalue weighted by Gasteiger charge is -2.14. The van der Waals surface area contributed by atoms with E-state index < -0.39 is 0 Å². The first-order valence-corrected chi connectivity index (χ1v) is 3.89. The molecule has 62 valence electrons. The zero-order valence-corrected chi connectivity index (χ0v) is 6.91. The summed E-state index contributed by atoms with van der Waals surface area (Å²) in [6.07, 6.45) is 4.58. The van der Waals surface area contributed by atoms with Crippen LogP contribution in [0.5, 0.6) is 11.5 Å². The van der Waals surface area contributed by atoms with E-state index >= 15 is 0 Å². The number of fused-ring (bicyclic) bond motifs is 1. The van der Waals surface area contributed by atoms with Crippen molar-refractivity contribution in [2.45, 2.75) is 6.42 Å². The summed E-state index contributed by atoms with van der Waals surface area (Å²) in [5, 5.41) is 0. The Kier molecular flexibility index (Phi) is 1.74. The van der Waals surface area contributed by atoms with E-state index in [4.69, 9.17) is 9.47 Å². The summed E-state index contributed by atoms with van der Waals surface area (Å²) in [7, 11) is 1.67. The highest BCUT2D eigenvalue weighted by atomic mass is 16.5. The summed E-state index contributed by atoms with van der Waals surface area (Å²) in [4.78, 5) is 0. The highest BCUT2D eigenvalue weighted by molar-refractivity contribution is 5.47. The summed E-state index contributed by atoms with van der Waals surface area (Å²) < 4.78 is 10.5. The number of hydrogen-bond acceptors (Lipinski definition) is 2. The number of benzene rings is 1. The fourth-order valence-electron chi connectivity index (χ4n) is 1.34. The minimum Gasteiger partial charge on any atom is -0.496 e. The molecule has 2 rings (SSSR count). The Balaban J connectivity index is 2.48. The van der Waals surface area contributed by atoms with Crippen LogP contribution < -0.4 is 9.47 Å². The largest absolute Gasteiger partial charge is 0.496 e. The highest BCUT2D eigenvalue weighted by Gasteiger charge is 2.10. The Morgan fingerprint density at radius 3 is 3.17 bits per heavy atom. The third-order valence-electron chi connectivity index (χ3n) is 1.92. The van der Waals surface area contributed by atoms with Gasteiger partial charge in [0.25, 0.3) is 0 Å². The molecular formula is C10H10O2.